The van der Waals surface area contributed by atoms with Crippen molar-refractivity contribution in [1.29, 1.82) is 0 Å². The highest BCUT2D eigenvalue weighted by Gasteiger charge is 2.15. The Morgan fingerprint density at radius 3 is 2.52 bits per heavy atom. The van der Waals surface area contributed by atoms with Crippen LogP contribution in [0, 0.1) is 0 Å². The lowest BCUT2D eigenvalue weighted by molar-refractivity contribution is 0.0493. The zero-order chi connectivity index (χ0) is 15.5. The van der Waals surface area contributed by atoms with Crippen molar-refractivity contribution in [2.24, 2.45) is 0 Å². The molecular weight excluding hydrogens is 266 g/mol. The summed E-state index contributed by atoms with van der Waals surface area (Å²) in [5.74, 6) is 0.0623. The summed E-state index contributed by atoms with van der Waals surface area (Å²) in [5, 5.41) is 0. The summed E-state index contributed by atoms with van der Waals surface area (Å²) in [4.78, 5) is 12.1. The Morgan fingerprint density at radius 1 is 1.10 bits per heavy atom. The van der Waals surface area contributed by atoms with Crippen molar-refractivity contribution in [3.05, 3.63) is 23.8 Å². The van der Waals surface area contributed by atoms with Gasteiger partial charge in [0.15, 0.2) is 5.75 Å². The van der Waals surface area contributed by atoms with Gasteiger partial charge in [-0.2, -0.15) is 0 Å². The highest BCUT2D eigenvalue weighted by atomic mass is 16.5. The van der Waals surface area contributed by atoms with Crippen molar-refractivity contribution in [2.75, 3.05) is 18.9 Å². The summed E-state index contributed by atoms with van der Waals surface area (Å²) in [6, 6.07) is 5.14. The van der Waals surface area contributed by atoms with Crippen molar-refractivity contribution in [1.82, 2.24) is 0 Å². The molecule has 1 aromatic carbocycles. The molecule has 21 heavy (non-hydrogen) atoms. The number of carbonyl (C=O) groups excluding carboxylic acids is 1. The van der Waals surface area contributed by atoms with Crippen LogP contribution in [-0.2, 0) is 4.74 Å². The van der Waals surface area contributed by atoms with Gasteiger partial charge in [-0.1, -0.05) is 45.1 Å². The molecular formula is C17H27NO3. The number of ether oxygens (including phenoxy) is 2. The number of hydrogen-bond acceptors (Lipinski definition) is 4. The van der Waals surface area contributed by atoms with E-state index in [2.05, 4.69) is 6.92 Å². The second-order valence-electron chi connectivity index (χ2n) is 5.06. The van der Waals surface area contributed by atoms with E-state index in [0.29, 0.717) is 30.2 Å². The van der Waals surface area contributed by atoms with Gasteiger partial charge in [-0.25, -0.2) is 4.79 Å². The van der Waals surface area contributed by atoms with E-state index in [1.54, 1.807) is 18.2 Å². The van der Waals surface area contributed by atoms with Gasteiger partial charge in [-0.3, -0.25) is 0 Å². The first-order valence-electron chi connectivity index (χ1n) is 7.89. The molecule has 4 heteroatoms. The number of benzene rings is 1. The number of anilines is 1. The van der Waals surface area contributed by atoms with Crippen LogP contribution in [-0.4, -0.2) is 19.2 Å². The third-order valence-electron chi connectivity index (χ3n) is 3.29. The first-order valence-corrected chi connectivity index (χ1v) is 7.89. The van der Waals surface area contributed by atoms with E-state index in [1.165, 1.54) is 25.7 Å². The SMILES string of the molecule is CCCCCCCCOC(=O)c1cccc(N)c1OCC. The lowest BCUT2D eigenvalue weighted by atomic mass is 10.1. The maximum Gasteiger partial charge on any atom is 0.342 e. The first-order chi connectivity index (χ1) is 10.2. The molecule has 0 aromatic heterocycles. The Bertz CT molecular complexity index is 432. The normalized spacial score (nSPS) is 10.4. The van der Waals surface area contributed by atoms with E-state index in [9.17, 15) is 4.79 Å². The number of nitrogens with two attached hydrogens (primary N) is 1. The van der Waals surface area contributed by atoms with Crippen LogP contribution in [0.3, 0.4) is 0 Å². The maximum atomic E-state index is 12.1. The Hall–Kier alpha value is -1.71. The molecule has 1 rings (SSSR count). The number of unbranched alkanes of at least 4 members (excludes halogenated alkanes) is 5. The fourth-order valence-corrected chi connectivity index (χ4v) is 2.15. The molecule has 0 aliphatic rings. The second-order valence-corrected chi connectivity index (χ2v) is 5.06. The van der Waals surface area contributed by atoms with Gasteiger partial charge in [0, 0.05) is 0 Å². The lowest BCUT2D eigenvalue weighted by Crippen LogP contribution is -2.10. The van der Waals surface area contributed by atoms with E-state index in [4.69, 9.17) is 15.2 Å². The van der Waals surface area contributed by atoms with E-state index in [1.807, 2.05) is 6.92 Å². The quantitative estimate of drug-likeness (QED) is 0.399. The predicted octanol–water partition coefficient (Wildman–Crippen LogP) is 4.18. The fourth-order valence-electron chi connectivity index (χ4n) is 2.15. The Kier molecular flexibility index (Phi) is 8.32. The van der Waals surface area contributed by atoms with Crippen LogP contribution in [0.1, 0.15) is 62.7 Å². The van der Waals surface area contributed by atoms with Gasteiger partial charge < -0.3 is 15.2 Å². The summed E-state index contributed by atoms with van der Waals surface area (Å²) >= 11 is 0. The molecule has 0 radical (unpaired) electrons. The average molecular weight is 293 g/mol. The second kappa shape index (κ2) is 10.1. The lowest BCUT2D eigenvalue weighted by Gasteiger charge is -2.12. The standard InChI is InChI=1S/C17H27NO3/c1-3-5-6-7-8-9-13-21-17(19)14-11-10-12-15(18)16(14)20-4-2/h10-12H,3-9,13,18H2,1-2H3. The molecule has 0 heterocycles. The van der Waals surface area contributed by atoms with E-state index in [0.717, 1.165) is 12.8 Å². The van der Waals surface area contributed by atoms with Gasteiger partial charge >= 0.3 is 5.97 Å². The Labute approximate surface area is 127 Å². The number of esters is 1. The van der Waals surface area contributed by atoms with Crippen LogP contribution in [0.4, 0.5) is 5.69 Å². The van der Waals surface area contributed by atoms with Gasteiger partial charge in [0.05, 0.1) is 18.9 Å². The van der Waals surface area contributed by atoms with Crippen molar-refractivity contribution >= 4 is 11.7 Å². The number of nitrogen functional groups attached to an aromatic ring is 1. The smallest absolute Gasteiger partial charge is 0.342 e. The number of hydrogen-bond donors (Lipinski definition) is 1. The molecule has 0 aliphatic heterocycles. The van der Waals surface area contributed by atoms with Gasteiger partial charge in [0.2, 0.25) is 0 Å². The van der Waals surface area contributed by atoms with Gasteiger partial charge in [-0.05, 0) is 25.5 Å². The highest BCUT2D eigenvalue weighted by Crippen LogP contribution is 2.27. The molecule has 0 amide bonds. The molecule has 0 fully saturated rings. The monoisotopic (exact) mass is 293 g/mol. The molecule has 0 aliphatic carbocycles. The zero-order valence-corrected chi connectivity index (χ0v) is 13.2. The summed E-state index contributed by atoms with van der Waals surface area (Å²) in [5.41, 5.74) is 6.70. The molecule has 1 aromatic rings. The van der Waals surface area contributed by atoms with E-state index >= 15 is 0 Å². The van der Waals surface area contributed by atoms with Crippen molar-refractivity contribution in [3.63, 3.8) is 0 Å². The van der Waals surface area contributed by atoms with Crippen molar-refractivity contribution in [2.45, 2.75) is 52.4 Å². The van der Waals surface area contributed by atoms with E-state index in [-0.39, 0.29) is 5.97 Å². The highest BCUT2D eigenvalue weighted by molar-refractivity contribution is 5.94. The molecule has 2 N–H and O–H groups in total. The molecule has 118 valence electrons. The summed E-state index contributed by atoms with van der Waals surface area (Å²) < 4.78 is 10.7. The Morgan fingerprint density at radius 2 is 1.81 bits per heavy atom. The van der Waals surface area contributed by atoms with Crippen molar-refractivity contribution < 1.29 is 14.3 Å². The molecule has 0 unspecified atom stereocenters. The van der Waals surface area contributed by atoms with Crippen LogP contribution in [0.15, 0.2) is 18.2 Å². The third kappa shape index (κ3) is 6.06. The van der Waals surface area contributed by atoms with Crippen LogP contribution in [0.5, 0.6) is 5.75 Å². The molecule has 0 saturated carbocycles. The van der Waals surface area contributed by atoms with Gasteiger partial charge in [0.1, 0.15) is 5.56 Å². The number of rotatable bonds is 10. The van der Waals surface area contributed by atoms with Crippen LogP contribution in [0.2, 0.25) is 0 Å². The summed E-state index contributed by atoms with van der Waals surface area (Å²) in [7, 11) is 0. The average Bonchev–Trinajstić information content (AvgIpc) is 2.48. The van der Waals surface area contributed by atoms with Gasteiger partial charge in [-0.15, -0.1) is 0 Å². The molecule has 0 atom stereocenters. The third-order valence-corrected chi connectivity index (χ3v) is 3.29. The van der Waals surface area contributed by atoms with Crippen LogP contribution >= 0.6 is 0 Å². The van der Waals surface area contributed by atoms with Crippen LogP contribution < -0.4 is 10.5 Å². The summed E-state index contributed by atoms with van der Waals surface area (Å²) in [6.45, 7) is 4.97. The predicted molar refractivity (Wildman–Crippen MR) is 85.7 cm³/mol. The molecule has 0 saturated heterocycles. The molecule has 0 spiro atoms. The zero-order valence-electron chi connectivity index (χ0n) is 13.2. The minimum absolute atomic E-state index is 0.362. The molecule has 4 nitrogen and oxygen atoms in total. The summed E-state index contributed by atoms with van der Waals surface area (Å²) in [6.07, 6.45) is 6.98. The van der Waals surface area contributed by atoms with Crippen LogP contribution in [0.25, 0.3) is 0 Å². The maximum absolute atomic E-state index is 12.1. The topological polar surface area (TPSA) is 61.5 Å². The minimum atomic E-state index is -0.362. The van der Waals surface area contributed by atoms with Crippen molar-refractivity contribution in [3.8, 4) is 5.75 Å². The Balaban J connectivity index is 2.40. The first kappa shape index (κ1) is 17.3. The van der Waals surface area contributed by atoms with Gasteiger partial charge in [0.25, 0.3) is 0 Å². The largest absolute Gasteiger partial charge is 0.491 e. The number of para-hydroxylation sites is 1. The number of carbonyl (C=O) groups is 1. The fraction of sp³-hybridized carbons (Fsp3) is 0.588. The van der Waals surface area contributed by atoms with E-state index < -0.39 is 0 Å². The molecule has 0 bridgehead atoms. The minimum Gasteiger partial charge on any atom is -0.491 e.